The summed E-state index contributed by atoms with van der Waals surface area (Å²) in [5.41, 5.74) is 2.78. The van der Waals surface area contributed by atoms with Crippen molar-refractivity contribution >= 4 is 23.4 Å². The van der Waals surface area contributed by atoms with Crippen LogP contribution >= 0.6 is 11.8 Å². The predicted octanol–water partition coefficient (Wildman–Crippen LogP) is 3.57. The summed E-state index contributed by atoms with van der Waals surface area (Å²) in [6.07, 6.45) is 1.95. The van der Waals surface area contributed by atoms with Gasteiger partial charge in [-0.2, -0.15) is 5.10 Å². The highest BCUT2D eigenvalue weighted by Gasteiger charge is 2.12. The monoisotopic (exact) mass is 365 g/mol. The van der Waals surface area contributed by atoms with E-state index in [1.54, 1.807) is 11.8 Å². The van der Waals surface area contributed by atoms with Crippen molar-refractivity contribution in [3.05, 3.63) is 87.8 Å². The molecule has 0 radical (unpaired) electrons. The van der Waals surface area contributed by atoms with Crippen molar-refractivity contribution in [2.24, 2.45) is 0 Å². The Morgan fingerprint density at radius 2 is 1.81 bits per heavy atom. The molecule has 132 valence electrons. The number of carbonyl (C=O) groups excluding carboxylic acids is 1. The lowest BCUT2D eigenvalue weighted by molar-refractivity contribution is 0.101. The second-order valence-corrected chi connectivity index (χ2v) is 6.70. The Balaban J connectivity index is 1.83. The van der Waals surface area contributed by atoms with E-state index >= 15 is 0 Å². The van der Waals surface area contributed by atoms with E-state index in [9.17, 15) is 9.59 Å². The van der Waals surface area contributed by atoms with Gasteiger partial charge in [0.15, 0.2) is 0 Å². The third-order valence-corrected chi connectivity index (χ3v) is 4.70. The summed E-state index contributed by atoms with van der Waals surface area (Å²) in [7, 11) is 0. The summed E-state index contributed by atoms with van der Waals surface area (Å²) in [4.78, 5) is 25.6. The fourth-order valence-corrected chi connectivity index (χ4v) is 3.04. The fourth-order valence-electron chi connectivity index (χ4n) is 2.48. The number of anilines is 1. The molecule has 0 aliphatic rings. The van der Waals surface area contributed by atoms with E-state index in [-0.39, 0.29) is 17.2 Å². The third-order valence-electron chi connectivity index (χ3n) is 3.91. The average Bonchev–Trinajstić information content (AvgIpc) is 2.65. The summed E-state index contributed by atoms with van der Waals surface area (Å²) in [5.74, 6) is -0.343. The molecule has 0 unspecified atom stereocenters. The van der Waals surface area contributed by atoms with Gasteiger partial charge in [0.25, 0.3) is 11.5 Å². The molecular formula is C20H19N3O2S. The molecule has 0 saturated carbocycles. The normalized spacial score (nSPS) is 10.5. The summed E-state index contributed by atoms with van der Waals surface area (Å²) < 4.78 is 1.31. The van der Waals surface area contributed by atoms with Crippen LogP contribution in [0, 0.1) is 6.92 Å². The highest BCUT2D eigenvalue weighted by molar-refractivity contribution is 7.98. The van der Waals surface area contributed by atoms with Gasteiger partial charge in [0, 0.05) is 11.0 Å². The maximum absolute atomic E-state index is 12.5. The lowest BCUT2D eigenvalue weighted by Gasteiger charge is -2.10. The molecule has 0 saturated heterocycles. The Labute approximate surface area is 156 Å². The van der Waals surface area contributed by atoms with E-state index in [0.29, 0.717) is 6.54 Å². The summed E-state index contributed by atoms with van der Waals surface area (Å²) in [6, 6.07) is 18.2. The van der Waals surface area contributed by atoms with Gasteiger partial charge in [0.05, 0.1) is 12.2 Å². The SMILES string of the molecule is CSc1ccccc1NC(=O)c1ccc(=O)n(Cc2ccc(C)cc2)n1. The third kappa shape index (κ3) is 4.21. The zero-order chi connectivity index (χ0) is 18.5. The molecule has 3 rings (SSSR count). The molecule has 0 aliphatic carbocycles. The molecule has 1 N–H and O–H groups in total. The summed E-state index contributed by atoms with van der Waals surface area (Å²) >= 11 is 1.55. The number of hydrogen-bond donors (Lipinski definition) is 1. The molecule has 1 heterocycles. The molecule has 0 aliphatic heterocycles. The molecule has 1 amide bonds. The van der Waals surface area contributed by atoms with Gasteiger partial charge >= 0.3 is 0 Å². The van der Waals surface area contributed by atoms with Crippen LogP contribution in [0.25, 0.3) is 0 Å². The molecule has 5 nitrogen and oxygen atoms in total. The van der Waals surface area contributed by atoms with Crippen LogP contribution in [0.4, 0.5) is 5.69 Å². The number of rotatable bonds is 5. The van der Waals surface area contributed by atoms with Crippen molar-refractivity contribution in [1.29, 1.82) is 0 Å². The molecule has 0 fully saturated rings. The largest absolute Gasteiger partial charge is 0.320 e. The number of thioether (sulfide) groups is 1. The van der Waals surface area contributed by atoms with E-state index in [1.165, 1.54) is 16.8 Å². The zero-order valence-corrected chi connectivity index (χ0v) is 15.4. The van der Waals surface area contributed by atoms with Crippen LogP contribution in [0.3, 0.4) is 0 Å². The fraction of sp³-hybridized carbons (Fsp3) is 0.150. The summed E-state index contributed by atoms with van der Waals surface area (Å²) in [6.45, 7) is 2.33. The van der Waals surface area contributed by atoms with Crippen LogP contribution in [-0.4, -0.2) is 21.9 Å². The van der Waals surface area contributed by atoms with E-state index in [2.05, 4.69) is 10.4 Å². The van der Waals surface area contributed by atoms with Gasteiger partial charge in [-0.3, -0.25) is 9.59 Å². The molecule has 3 aromatic rings. The van der Waals surface area contributed by atoms with Crippen LogP contribution in [0.2, 0.25) is 0 Å². The highest BCUT2D eigenvalue weighted by atomic mass is 32.2. The number of hydrogen-bond acceptors (Lipinski definition) is 4. The van der Waals surface area contributed by atoms with Gasteiger partial charge in [-0.25, -0.2) is 4.68 Å². The topological polar surface area (TPSA) is 64.0 Å². The smallest absolute Gasteiger partial charge is 0.276 e. The molecule has 0 bridgehead atoms. The first-order chi connectivity index (χ1) is 12.6. The Morgan fingerprint density at radius 3 is 2.54 bits per heavy atom. The lowest BCUT2D eigenvalue weighted by Crippen LogP contribution is -2.26. The molecule has 0 atom stereocenters. The number of nitrogens with one attached hydrogen (secondary N) is 1. The van der Waals surface area contributed by atoms with Crippen LogP contribution in [0.5, 0.6) is 0 Å². The second kappa shape index (κ2) is 8.01. The van der Waals surface area contributed by atoms with Gasteiger partial charge in [-0.15, -0.1) is 11.8 Å². The Morgan fingerprint density at radius 1 is 1.08 bits per heavy atom. The highest BCUT2D eigenvalue weighted by Crippen LogP contribution is 2.24. The molecule has 0 spiro atoms. The lowest BCUT2D eigenvalue weighted by atomic mass is 10.1. The number of amides is 1. The first-order valence-corrected chi connectivity index (χ1v) is 9.37. The van der Waals surface area contributed by atoms with Crippen molar-refractivity contribution in [2.45, 2.75) is 18.4 Å². The standard InChI is InChI=1S/C20H19N3O2S/c1-14-7-9-15(10-8-14)13-23-19(24)12-11-17(22-23)20(25)21-16-5-3-4-6-18(16)26-2/h3-12H,13H2,1-2H3,(H,21,25). The van der Waals surface area contributed by atoms with Gasteiger partial charge in [0.2, 0.25) is 0 Å². The number of nitrogens with zero attached hydrogens (tertiary/aromatic N) is 2. The molecule has 2 aromatic carbocycles. The van der Waals surface area contributed by atoms with Gasteiger partial charge in [-0.1, -0.05) is 42.0 Å². The van der Waals surface area contributed by atoms with E-state index in [0.717, 1.165) is 21.7 Å². The van der Waals surface area contributed by atoms with E-state index in [4.69, 9.17) is 0 Å². The maximum Gasteiger partial charge on any atom is 0.276 e. The van der Waals surface area contributed by atoms with Crippen LogP contribution in [-0.2, 0) is 6.54 Å². The Hall–Kier alpha value is -2.86. The maximum atomic E-state index is 12.5. The minimum absolute atomic E-state index is 0.201. The van der Waals surface area contributed by atoms with Crippen molar-refractivity contribution in [3.8, 4) is 0 Å². The number of aromatic nitrogens is 2. The van der Waals surface area contributed by atoms with Crippen molar-refractivity contribution in [3.63, 3.8) is 0 Å². The number of aryl methyl sites for hydroxylation is 1. The minimum atomic E-state index is -0.343. The van der Waals surface area contributed by atoms with Crippen LogP contribution in [0.1, 0.15) is 21.6 Å². The number of para-hydroxylation sites is 1. The zero-order valence-electron chi connectivity index (χ0n) is 14.6. The second-order valence-electron chi connectivity index (χ2n) is 5.85. The van der Waals surface area contributed by atoms with E-state index < -0.39 is 0 Å². The molecule has 1 aromatic heterocycles. The molecular weight excluding hydrogens is 346 g/mol. The first kappa shape index (κ1) is 17.9. The average molecular weight is 365 g/mol. The van der Waals surface area contributed by atoms with Crippen LogP contribution in [0.15, 0.2) is 70.4 Å². The van der Waals surface area contributed by atoms with Gasteiger partial charge in [-0.05, 0) is 36.9 Å². The number of benzene rings is 2. The van der Waals surface area contributed by atoms with Gasteiger partial charge in [0.1, 0.15) is 5.69 Å². The minimum Gasteiger partial charge on any atom is -0.320 e. The number of carbonyl (C=O) groups is 1. The quantitative estimate of drug-likeness (QED) is 0.702. The Kier molecular flexibility index (Phi) is 5.53. The predicted molar refractivity (Wildman–Crippen MR) is 105 cm³/mol. The van der Waals surface area contributed by atoms with Crippen molar-refractivity contribution in [1.82, 2.24) is 9.78 Å². The van der Waals surface area contributed by atoms with Gasteiger partial charge < -0.3 is 5.32 Å². The van der Waals surface area contributed by atoms with Crippen molar-refractivity contribution in [2.75, 3.05) is 11.6 Å². The first-order valence-electron chi connectivity index (χ1n) is 8.15. The molecule has 6 heteroatoms. The Bertz CT molecular complexity index is 981. The molecule has 26 heavy (non-hydrogen) atoms. The van der Waals surface area contributed by atoms with E-state index in [1.807, 2.05) is 61.7 Å². The summed E-state index contributed by atoms with van der Waals surface area (Å²) in [5, 5.41) is 7.09. The van der Waals surface area contributed by atoms with Crippen molar-refractivity contribution < 1.29 is 4.79 Å². The van der Waals surface area contributed by atoms with Crippen LogP contribution < -0.4 is 10.9 Å².